The lowest BCUT2D eigenvalue weighted by atomic mass is 10.1. The van der Waals surface area contributed by atoms with Crippen LogP contribution in [0.1, 0.15) is 22.3 Å². The number of anilines is 1. The zero-order valence-electron chi connectivity index (χ0n) is 22.0. The Kier molecular flexibility index (Phi) is 8.50. The molecule has 1 N–H and O–H groups in total. The number of carbonyl (C=O) groups is 2. The van der Waals surface area contributed by atoms with Crippen LogP contribution in [0.3, 0.4) is 0 Å². The predicted octanol–water partition coefficient (Wildman–Crippen LogP) is 2.94. The molecule has 1 aromatic carbocycles. The Morgan fingerprint density at radius 2 is 1.95 bits per heavy atom. The van der Waals surface area contributed by atoms with E-state index in [4.69, 9.17) is 16.3 Å². The number of piperazine rings is 1. The molecule has 12 heteroatoms. The smallest absolute Gasteiger partial charge is 0.255 e. The summed E-state index contributed by atoms with van der Waals surface area (Å²) in [5.41, 5.74) is 1.65. The summed E-state index contributed by atoms with van der Waals surface area (Å²) in [6.07, 6.45) is 8.26. The van der Waals surface area contributed by atoms with E-state index in [1.807, 2.05) is 36.1 Å². The lowest BCUT2D eigenvalue weighted by Gasteiger charge is -2.42. The molecule has 1 saturated heterocycles. The number of amides is 2. The maximum Gasteiger partial charge on any atom is 0.255 e. The standard InChI is InChI=1S/C28H29ClN8O3/c1-20-4-6-23(7-5-20)40-14-10-32-26(38)15-22-18-35(27(39)21-3-2-8-30-17-21)12-13-37(22)25-16-24(29)33-28(34-25)36-11-9-31-19-36/h2-9,11,16-17,19,22H,10,12-15,18H2,1H3,(H,32,38). The van der Waals surface area contributed by atoms with Crippen LogP contribution in [0.4, 0.5) is 5.82 Å². The van der Waals surface area contributed by atoms with Crippen molar-refractivity contribution >= 4 is 29.2 Å². The van der Waals surface area contributed by atoms with Gasteiger partial charge in [-0.3, -0.25) is 19.1 Å². The second kappa shape index (κ2) is 12.6. The molecule has 0 saturated carbocycles. The number of benzene rings is 1. The fraction of sp³-hybridized carbons (Fsp3) is 0.286. The van der Waals surface area contributed by atoms with Crippen molar-refractivity contribution in [1.29, 1.82) is 0 Å². The van der Waals surface area contributed by atoms with E-state index in [0.717, 1.165) is 11.3 Å². The van der Waals surface area contributed by atoms with Gasteiger partial charge in [-0.1, -0.05) is 29.3 Å². The molecule has 11 nitrogen and oxygen atoms in total. The highest BCUT2D eigenvalue weighted by atomic mass is 35.5. The Morgan fingerprint density at radius 1 is 1.10 bits per heavy atom. The molecule has 1 aliphatic heterocycles. The van der Waals surface area contributed by atoms with Gasteiger partial charge in [0.25, 0.3) is 5.91 Å². The molecule has 4 aromatic rings. The molecule has 0 aliphatic carbocycles. The average molecular weight is 561 g/mol. The van der Waals surface area contributed by atoms with Gasteiger partial charge in [0.2, 0.25) is 11.9 Å². The van der Waals surface area contributed by atoms with Crippen LogP contribution in [0.15, 0.2) is 73.6 Å². The number of hydrogen-bond donors (Lipinski definition) is 1. The zero-order valence-corrected chi connectivity index (χ0v) is 22.7. The van der Waals surface area contributed by atoms with Crippen LogP contribution in [-0.2, 0) is 4.79 Å². The number of hydrogen-bond acceptors (Lipinski definition) is 8. The molecular weight excluding hydrogens is 532 g/mol. The van der Waals surface area contributed by atoms with Crippen molar-refractivity contribution in [2.24, 2.45) is 0 Å². The number of halogens is 1. The number of aromatic nitrogens is 5. The van der Waals surface area contributed by atoms with Crippen molar-refractivity contribution in [2.45, 2.75) is 19.4 Å². The summed E-state index contributed by atoms with van der Waals surface area (Å²) in [5, 5.41) is 3.19. The first-order valence-electron chi connectivity index (χ1n) is 12.9. The third kappa shape index (κ3) is 6.73. The number of aryl methyl sites for hydroxylation is 1. The quantitative estimate of drug-likeness (QED) is 0.245. The van der Waals surface area contributed by atoms with E-state index in [1.54, 1.807) is 58.8 Å². The zero-order chi connectivity index (χ0) is 27.9. The maximum absolute atomic E-state index is 13.2. The second-order valence-electron chi connectivity index (χ2n) is 9.37. The van der Waals surface area contributed by atoms with Crippen molar-refractivity contribution in [1.82, 2.24) is 34.7 Å². The highest BCUT2D eigenvalue weighted by Crippen LogP contribution is 2.25. The van der Waals surface area contributed by atoms with Crippen LogP contribution < -0.4 is 15.0 Å². The Labute approximate surface area is 236 Å². The van der Waals surface area contributed by atoms with E-state index < -0.39 is 0 Å². The topological polar surface area (TPSA) is 118 Å². The van der Waals surface area contributed by atoms with Crippen LogP contribution in [0, 0.1) is 6.92 Å². The average Bonchev–Trinajstić information content (AvgIpc) is 3.51. The van der Waals surface area contributed by atoms with Gasteiger partial charge in [0.1, 0.15) is 29.7 Å². The molecule has 1 fully saturated rings. The molecule has 0 bridgehead atoms. The lowest BCUT2D eigenvalue weighted by Crippen LogP contribution is -2.56. The fourth-order valence-corrected chi connectivity index (χ4v) is 4.68. The number of nitrogens with one attached hydrogen (secondary N) is 1. The molecule has 40 heavy (non-hydrogen) atoms. The van der Waals surface area contributed by atoms with Crippen LogP contribution >= 0.6 is 11.6 Å². The summed E-state index contributed by atoms with van der Waals surface area (Å²) in [7, 11) is 0. The predicted molar refractivity (Wildman–Crippen MR) is 150 cm³/mol. The molecule has 3 aromatic heterocycles. The first-order chi connectivity index (χ1) is 19.5. The van der Waals surface area contributed by atoms with Gasteiger partial charge >= 0.3 is 0 Å². The van der Waals surface area contributed by atoms with E-state index in [1.165, 1.54) is 0 Å². The van der Waals surface area contributed by atoms with Gasteiger partial charge < -0.3 is 19.9 Å². The van der Waals surface area contributed by atoms with Gasteiger partial charge in [-0.25, -0.2) is 9.97 Å². The molecule has 1 aliphatic rings. The van der Waals surface area contributed by atoms with Crippen LogP contribution in [0.5, 0.6) is 5.75 Å². The van der Waals surface area contributed by atoms with Crippen LogP contribution in [0.2, 0.25) is 5.15 Å². The van der Waals surface area contributed by atoms with E-state index in [-0.39, 0.29) is 29.4 Å². The minimum atomic E-state index is -0.353. The van der Waals surface area contributed by atoms with Crippen molar-refractivity contribution < 1.29 is 14.3 Å². The molecule has 5 rings (SSSR count). The third-order valence-electron chi connectivity index (χ3n) is 6.51. The number of pyridine rings is 1. The second-order valence-corrected chi connectivity index (χ2v) is 9.76. The molecule has 206 valence electrons. The normalized spacial score (nSPS) is 15.1. The van der Waals surface area contributed by atoms with E-state index in [9.17, 15) is 9.59 Å². The number of imidazole rings is 1. The molecule has 4 heterocycles. The van der Waals surface area contributed by atoms with Crippen molar-refractivity contribution in [3.63, 3.8) is 0 Å². The van der Waals surface area contributed by atoms with Gasteiger partial charge in [-0.15, -0.1) is 0 Å². The van der Waals surface area contributed by atoms with Gasteiger partial charge in [-0.05, 0) is 31.2 Å². The van der Waals surface area contributed by atoms with E-state index in [0.29, 0.717) is 50.1 Å². The molecule has 2 amide bonds. The highest BCUT2D eigenvalue weighted by Gasteiger charge is 2.33. The summed E-state index contributed by atoms with van der Waals surface area (Å²) in [5.74, 6) is 1.39. The summed E-state index contributed by atoms with van der Waals surface area (Å²) in [6.45, 7) is 3.92. The minimum Gasteiger partial charge on any atom is -0.492 e. The van der Waals surface area contributed by atoms with Crippen molar-refractivity contribution in [3.8, 4) is 11.7 Å². The SMILES string of the molecule is Cc1ccc(OCCNC(=O)CC2CN(C(=O)c3cccnc3)CCN2c2cc(Cl)nc(-n3ccnc3)n2)cc1. The Bertz CT molecular complexity index is 1430. The number of rotatable bonds is 9. The maximum atomic E-state index is 13.2. The molecule has 0 spiro atoms. The minimum absolute atomic E-state index is 0.135. The first kappa shape index (κ1) is 27.1. The molecule has 1 atom stereocenters. The number of nitrogens with zero attached hydrogens (tertiary/aromatic N) is 7. The van der Waals surface area contributed by atoms with Gasteiger partial charge in [0, 0.05) is 56.9 Å². The van der Waals surface area contributed by atoms with Crippen molar-refractivity contribution in [3.05, 3.63) is 89.9 Å². The molecular formula is C28H29ClN8O3. The number of ether oxygens (including phenoxy) is 1. The molecule has 0 radical (unpaired) electrons. The summed E-state index contributed by atoms with van der Waals surface area (Å²) < 4.78 is 7.39. The van der Waals surface area contributed by atoms with Gasteiger partial charge in [0.05, 0.1) is 18.2 Å². The Balaban J connectivity index is 1.29. The molecule has 1 unspecified atom stereocenters. The van der Waals surface area contributed by atoms with Gasteiger partial charge in [-0.2, -0.15) is 4.98 Å². The fourth-order valence-electron chi connectivity index (χ4n) is 4.50. The first-order valence-corrected chi connectivity index (χ1v) is 13.3. The van der Waals surface area contributed by atoms with E-state index in [2.05, 4.69) is 25.3 Å². The van der Waals surface area contributed by atoms with Crippen molar-refractivity contribution in [2.75, 3.05) is 37.7 Å². The highest BCUT2D eigenvalue weighted by molar-refractivity contribution is 6.29. The van der Waals surface area contributed by atoms with Crippen LogP contribution in [-0.4, -0.2) is 80.0 Å². The monoisotopic (exact) mass is 560 g/mol. The lowest BCUT2D eigenvalue weighted by molar-refractivity contribution is -0.121. The summed E-state index contributed by atoms with van der Waals surface area (Å²) in [6, 6.07) is 12.5. The summed E-state index contributed by atoms with van der Waals surface area (Å²) in [4.78, 5) is 47.1. The number of carbonyl (C=O) groups excluding carboxylic acids is 2. The Hall–Kier alpha value is -4.51. The van der Waals surface area contributed by atoms with E-state index >= 15 is 0 Å². The van der Waals surface area contributed by atoms with Crippen LogP contribution in [0.25, 0.3) is 5.95 Å². The summed E-state index contributed by atoms with van der Waals surface area (Å²) >= 11 is 6.37. The largest absolute Gasteiger partial charge is 0.492 e. The third-order valence-corrected chi connectivity index (χ3v) is 6.71. The Morgan fingerprint density at radius 3 is 2.70 bits per heavy atom. The van der Waals surface area contributed by atoms with Gasteiger partial charge in [0.15, 0.2) is 0 Å².